The van der Waals surface area contributed by atoms with E-state index in [4.69, 9.17) is 9.84 Å². The molecule has 2 fully saturated rings. The Balaban J connectivity index is 1.77. The van der Waals surface area contributed by atoms with Crippen molar-refractivity contribution in [1.82, 2.24) is 5.32 Å². The van der Waals surface area contributed by atoms with E-state index in [1.54, 1.807) is 0 Å². The number of carbonyl (C=O) groups excluding carboxylic acids is 1. The van der Waals surface area contributed by atoms with Gasteiger partial charge in [-0.2, -0.15) is 0 Å². The molecule has 1 aliphatic carbocycles. The van der Waals surface area contributed by atoms with Crippen molar-refractivity contribution in [3.8, 4) is 0 Å². The van der Waals surface area contributed by atoms with Crippen molar-refractivity contribution < 1.29 is 28.2 Å². The van der Waals surface area contributed by atoms with Crippen LogP contribution >= 0.6 is 0 Å². The second-order valence-corrected chi connectivity index (χ2v) is 7.19. The molecule has 1 aromatic rings. The van der Waals surface area contributed by atoms with Crippen LogP contribution in [0.25, 0.3) is 0 Å². The van der Waals surface area contributed by atoms with Gasteiger partial charge < -0.3 is 15.2 Å². The van der Waals surface area contributed by atoms with E-state index < -0.39 is 29.1 Å². The molecule has 0 radical (unpaired) electrons. The van der Waals surface area contributed by atoms with Gasteiger partial charge in [-0.25, -0.2) is 8.78 Å². The zero-order chi connectivity index (χ0) is 18.7. The van der Waals surface area contributed by atoms with Gasteiger partial charge in [0.1, 0.15) is 11.6 Å². The highest BCUT2D eigenvalue weighted by Gasteiger charge is 2.40. The molecule has 7 heteroatoms. The first kappa shape index (κ1) is 18.8. The average Bonchev–Trinajstić information content (AvgIpc) is 2.62. The number of ether oxygens (including phenoxy) is 1. The lowest BCUT2D eigenvalue weighted by Gasteiger charge is -2.40. The second kappa shape index (κ2) is 7.70. The van der Waals surface area contributed by atoms with Crippen LogP contribution in [-0.4, -0.2) is 30.2 Å². The highest BCUT2D eigenvalue weighted by molar-refractivity contribution is 5.80. The fourth-order valence-corrected chi connectivity index (χ4v) is 4.00. The molecule has 1 saturated heterocycles. The van der Waals surface area contributed by atoms with Gasteiger partial charge in [-0.1, -0.05) is 6.07 Å². The topological polar surface area (TPSA) is 75.6 Å². The molecule has 1 saturated carbocycles. The second-order valence-electron chi connectivity index (χ2n) is 7.19. The fraction of sp³-hybridized carbons (Fsp3) is 0.579. The molecule has 1 amide bonds. The zero-order valence-electron chi connectivity index (χ0n) is 14.5. The number of rotatable bonds is 4. The molecule has 1 aliphatic heterocycles. The lowest BCUT2D eigenvalue weighted by atomic mass is 9.79. The molecule has 5 nitrogen and oxygen atoms in total. The van der Waals surface area contributed by atoms with Gasteiger partial charge in [0, 0.05) is 30.8 Å². The summed E-state index contributed by atoms with van der Waals surface area (Å²) >= 11 is 0. The minimum atomic E-state index is -0.920. The number of halogens is 2. The Morgan fingerprint density at radius 2 is 1.69 bits per heavy atom. The van der Waals surface area contributed by atoms with Crippen molar-refractivity contribution in [2.45, 2.75) is 44.1 Å². The molecule has 0 spiro atoms. The van der Waals surface area contributed by atoms with E-state index in [1.807, 2.05) is 0 Å². The lowest BCUT2D eigenvalue weighted by molar-refractivity contribution is -0.144. The van der Waals surface area contributed by atoms with Gasteiger partial charge in [-0.3, -0.25) is 9.59 Å². The van der Waals surface area contributed by atoms with Crippen molar-refractivity contribution >= 4 is 11.9 Å². The van der Waals surface area contributed by atoms with E-state index in [0.29, 0.717) is 51.7 Å². The third-order valence-electron chi connectivity index (χ3n) is 5.60. The predicted molar refractivity (Wildman–Crippen MR) is 89.3 cm³/mol. The molecule has 142 valence electrons. The molecule has 1 aromatic carbocycles. The van der Waals surface area contributed by atoms with Gasteiger partial charge in [-0.15, -0.1) is 0 Å². The molecule has 26 heavy (non-hydrogen) atoms. The normalized spacial score (nSPS) is 25.5. The minimum absolute atomic E-state index is 0.195. The fourth-order valence-electron chi connectivity index (χ4n) is 4.00. The number of hydrogen-bond donors (Lipinski definition) is 2. The summed E-state index contributed by atoms with van der Waals surface area (Å²) < 4.78 is 33.1. The maximum atomic E-state index is 14.4. The summed E-state index contributed by atoms with van der Waals surface area (Å²) in [5.74, 6) is -3.04. The summed E-state index contributed by atoms with van der Waals surface area (Å²) in [6.07, 6.45) is 2.75. The number of amides is 1. The number of hydrogen-bond acceptors (Lipinski definition) is 3. The van der Waals surface area contributed by atoms with E-state index in [0.717, 1.165) is 6.07 Å². The summed E-state index contributed by atoms with van der Waals surface area (Å²) in [5.41, 5.74) is -0.647. The van der Waals surface area contributed by atoms with Gasteiger partial charge in [0.05, 0.1) is 11.5 Å². The third-order valence-corrected chi connectivity index (χ3v) is 5.60. The highest BCUT2D eigenvalue weighted by Crippen LogP contribution is 2.36. The van der Waals surface area contributed by atoms with E-state index in [1.165, 1.54) is 12.1 Å². The Bertz CT molecular complexity index is 680. The molecular weight excluding hydrogens is 344 g/mol. The molecular formula is C19H23F2NO4. The third kappa shape index (κ3) is 3.87. The molecule has 2 N–H and O–H groups in total. The van der Waals surface area contributed by atoms with Crippen molar-refractivity contribution in [3.63, 3.8) is 0 Å². The summed E-state index contributed by atoms with van der Waals surface area (Å²) in [7, 11) is 0. The summed E-state index contributed by atoms with van der Waals surface area (Å²) in [6, 6.07) is 3.41. The smallest absolute Gasteiger partial charge is 0.306 e. The molecule has 0 aromatic heterocycles. The van der Waals surface area contributed by atoms with Crippen LogP contribution < -0.4 is 5.32 Å². The van der Waals surface area contributed by atoms with Crippen molar-refractivity contribution in [1.29, 1.82) is 0 Å². The zero-order valence-corrected chi connectivity index (χ0v) is 14.5. The number of aliphatic carboxylic acids is 1. The van der Waals surface area contributed by atoms with Gasteiger partial charge in [-0.05, 0) is 44.6 Å². The first-order chi connectivity index (χ1) is 12.4. The van der Waals surface area contributed by atoms with Crippen LogP contribution in [0.15, 0.2) is 18.2 Å². The summed E-state index contributed by atoms with van der Waals surface area (Å²) in [6.45, 7) is 0.756. The monoisotopic (exact) mass is 367 g/mol. The molecule has 0 bridgehead atoms. The van der Waals surface area contributed by atoms with E-state index >= 15 is 0 Å². The van der Waals surface area contributed by atoms with E-state index in [9.17, 15) is 18.4 Å². The average molecular weight is 367 g/mol. The van der Waals surface area contributed by atoms with Gasteiger partial charge >= 0.3 is 5.97 Å². The Morgan fingerprint density at radius 1 is 1.08 bits per heavy atom. The number of carboxylic acids is 1. The molecule has 0 atom stereocenters. The first-order valence-corrected chi connectivity index (χ1v) is 8.99. The predicted octanol–water partition coefficient (Wildman–Crippen LogP) is 2.98. The highest BCUT2D eigenvalue weighted by atomic mass is 19.1. The van der Waals surface area contributed by atoms with Crippen LogP contribution in [0.1, 0.15) is 44.1 Å². The first-order valence-electron chi connectivity index (χ1n) is 8.99. The standard InChI is InChI=1S/C19H23F2NO4/c20-14-5-6-15(16(21)11-14)19(7-9-26-10-8-19)22-17(23)12-1-3-13(4-2-12)18(24)25/h5-6,11-13H,1-4,7-10H2,(H,22,23)(H,24,25). The van der Waals surface area contributed by atoms with Crippen molar-refractivity contribution in [3.05, 3.63) is 35.4 Å². The van der Waals surface area contributed by atoms with Crippen LogP contribution in [0, 0.1) is 23.5 Å². The molecule has 1 heterocycles. The number of nitrogens with one attached hydrogen (secondary N) is 1. The lowest BCUT2D eigenvalue weighted by Crippen LogP contribution is -2.52. The van der Waals surface area contributed by atoms with Gasteiger partial charge in [0.25, 0.3) is 0 Å². The Labute approximate surface area is 150 Å². The van der Waals surface area contributed by atoms with Crippen LogP contribution in [-0.2, 0) is 19.9 Å². The Morgan fingerprint density at radius 3 is 2.27 bits per heavy atom. The van der Waals surface area contributed by atoms with Crippen LogP contribution in [0.3, 0.4) is 0 Å². The van der Waals surface area contributed by atoms with E-state index in [2.05, 4.69) is 5.32 Å². The molecule has 3 rings (SSSR count). The SMILES string of the molecule is O=C(O)C1CCC(C(=O)NC2(c3ccc(F)cc3F)CCOCC2)CC1. The largest absolute Gasteiger partial charge is 0.481 e. The quantitative estimate of drug-likeness (QED) is 0.858. The number of benzene rings is 1. The van der Waals surface area contributed by atoms with Crippen LogP contribution in [0.4, 0.5) is 8.78 Å². The minimum Gasteiger partial charge on any atom is -0.481 e. The van der Waals surface area contributed by atoms with Crippen molar-refractivity contribution in [2.24, 2.45) is 11.8 Å². The van der Waals surface area contributed by atoms with Crippen LogP contribution in [0.5, 0.6) is 0 Å². The van der Waals surface area contributed by atoms with Crippen molar-refractivity contribution in [2.75, 3.05) is 13.2 Å². The Hall–Kier alpha value is -2.02. The van der Waals surface area contributed by atoms with E-state index in [-0.39, 0.29) is 17.4 Å². The number of carboxylic acid groups (broad SMARTS) is 1. The van der Waals surface area contributed by atoms with Gasteiger partial charge in [0.2, 0.25) is 5.91 Å². The Kier molecular flexibility index (Phi) is 5.55. The summed E-state index contributed by atoms with van der Waals surface area (Å²) in [5, 5.41) is 12.1. The van der Waals surface area contributed by atoms with Crippen LogP contribution in [0.2, 0.25) is 0 Å². The number of carbonyl (C=O) groups is 2. The molecule has 2 aliphatic rings. The molecule has 0 unspecified atom stereocenters. The maximum Gasteiger partial charge on any atom is 0.306 e. The maximum absolute atomic E-state index is 14.4. The van der Waals surface area contributed by atoms with Gasteiger partial charge in [0.15, 0.2) is 0 Å². The summed E-state index contributed by atoms with van der Waals surface area (Å²) in [4.78, 5) is 23.9.